The van der Waals surface area contributed by atoms with Crippen LogP contribution in [0.3, 0.4) is 0 Å². The molecule has 0 bridgehead atoms. The third-order valence-corrected chi connectivity index (χ3v) is 9.65. The normalized spacial score (nSPS) is 52.3. The third kappa shape index (κ3) is 2.52. The first-order chi connectivity index (χ1) is 15.2. The number of aliphatic hydroxyl groups is 2. The Morgan fingerprint density at radius 1 is 1.24 bits per heavy atom. The number of alkyl halides is 2. The molecule has 0 amide bonds. The van der Waals surface area contributed by atoms with Crippen LogP contribution < -0.4 is 0 Å². The molecule has 5 aliphatic rings. The quantitative estimate of drug-likeness (QED) is 0.583. The lowest BCUT2D eigenvalue weighted by molar-refractivity contribution is -0.246. The van der Waals surface area contributed by atoms with Crippen LogP contribution in [0, 0.1) is 22.7 Å². The zero-order valence-corrected chi connectivity index (χ0v) is 19.8. The zero-order valence-electron chi connectivity index (χ0n) is 19.0. The van der Waals surface area contributed by atoms with Crippen LogP contribution >= 0.6 is 11.6 Å². The lowest BCUT2D eigenvalue weighted by Crippen LogP contribution is -2.71. The number of Topliss-reactive ketones (excluding diaryl/α,β-unsaturated/α-hetero) is 1. The van der Waals surface area contributed by atoms with Crippen LogP contribution in [0.15, 0.2) is 23.6 Å². The summed E-state index contributed by atoms with van der Waals surface area (Å²) in [5.74, 6) is -4.97. The zero-order chi connectivity index (χ0) is 24.4. The fourth-order valence-corrected chi connectivity index (χ4v) is 8.53. The number of allylic oxidation sites excluding steroid dienone is 4. The van der Waals surface area contributed by atoms with Crippen LogP contribution in [0.25, 0.3) is 0 Å². The number of carbonyl (C=O) groups excluding carboxylic acids is 2. The fraction of sp³-hybridized carbons (Fsp3) is 0.750. The van der Waals surface area contributed by atoms with Gasteiger partial charge in [-0.1, -0.05) is 13.0 Å². The second-order valence-electron chi connectivity index (χ2n) is 11.1. The van der Waals surface area contributed by atoms with Crippen molar-refractivity contribution in [2.75, 3.05) is 6.61 Å². The highest BCUT2D eigenvalue weighted by Gasteiger charge is 2.80. The molecule has 182 valence electrons. The van der Waals surface area contributed by atoms with Gasteiger partial charge in [-0.2, -0.15) is 0 Å². The van der Waals surface area contributed by atoms with E-state index in [0.29, 0.717) is 0 Å². The lowest BCUT2D eigenvalue weighted by atomic mass is 9.44. The number of hydrogen-bond acceptors (Lipinski definition) is 6. The Balaban J connectivity index is 1.67. The van der Waals surface area contributed by atoms with E-state index in [1.165, 1.54) is 13.0 Å². The minimum atomic E-state index is -2.33. The number of hydrogen-bond donors (Lipinski definition) is 2. The van der Waals surface area contributed by atoms with Gasteiger partial charge in [0.1, 0.15) is 6.61 Å². The molecule has 3 saturated carbocycles. The lowest BCUT2D eigenvalue weighted by Gasteiger charge is -2.63. The second kappa shape index (κ2) is 6.72. The predicted octanol–water partition coefficient (Wildman–Crippen LogP) is 2.93. The van der Waals surface area contributed by atoms with Gasteiger partial charge in [0, 0.05) is 22.3 Å². The predicted molar refractivity (Wildman–Crippen MR) is 114 cm³/mol. The van der Waals surface area contributed by atoms with Crippen LogP contribution in [0.2, 0.25) is 0 Å². The summed E-state index contributed by atoms with van der Waals surface area (Å²) in [5.41, 5.74) is -6.71. The highest BCUT2D eigenvalue weighted by molar-refractivity contribution is 6.23. The van der Waals surface area contributed by atoms with E-state index >= 15 is 4.39 Å². The average Bonchev–Trinajstić information content (AvgIpc) is 3.13. The maximum atomic E-state index is 17.3. The summed E-state index contributed by atoms with van der Waals surface area (Å²) in [7, 11) is 0. The van der Waals surface area contributed by atoms with Gasteiger partial charge in [-0.15, -0.1) is 11.6 Å². The van der Waals surface area contributed by atoms with E-state index in [9.17, 15) is 24.2 Å². The number of carbonyl (C=O) groups is 2. The van der Waals surface area contributed by atoms with Crippen LogP contribution in [0.1, 0.15) is 47.0 Å². The first kappa shape index (κ1) is 23.5. The van der Waals surface area contributed by atoms with E-state index in [2.05, 4.69) is 0 Å². The Labute approximate surface area is 195 Å². The van der Waals surface area contributed by atoms with E-state index in [0.717, 1.165) is 6.08 Å². The van der Waals surface area contributed by atoms with Crippen molar-refractivity contribution in [2.45, 2.75) is 81.6 Å². The Kier molecular flexibility index (Phi) is 4.80. The summed E-state index contributed by atoms with van der Waals surface area (Å²) < 4.78 is 44.5. The van der Waals surface area contributed by atoms with Gasteiger partial charge in [-0.3, -0.25) is 9.59 Å². The van der Waals surface area contributed by atoms with Crippen molar-refractivity contribution in [2.24, 2.45) is 22.7 Å². The molecule has 1 aliphatic heterocycles. The summed E-state index contributed by atoms with van der Waals surface area (Å²) in [6.45, 7) is 5.82. The molecule has 9 heteroatoms. The van der Waals surface area contributed by atoms with Crippen molar-refractivity contribution in [3.63, 3.8) is 0 Å². The fourth-order valence-electron chi connectivity index (χ4n) is 8.01. The molecule has 4 aliphatic carbocycles. The molecule has 4 fully saturated rings. The van der Waals surface area contributed by atoms with Crippen molar-refractivity contribution < 1.29 is 38.1 Å². The topological polar surface area (TPSA) is 93.1 Å². The van der Waals surface area contributed by atoms with Crippen LogP contribution in [-0.2, 0) is 19.1 Å². The molecule has 2 N–H and O–H groups in total. The van der Waals surface area contributed by atoms with Gasteiger partial charge in [0.25, 0.3) is 0 Å². The highest BCUT2D eigenvalue weighted by atomic mass is 35.5. The summed E-state index contributed by atoms with van der Waals surface area (Å²) in [6.07, 6.45) is 0.0605. The second-order valence-corrected chi connectivity index (χ2v) is 11.6. The molecule has 0 aromatic heterocycles. The minimum Gasteiger partial charge on any atom is -0.390 e. The van der Waals surface area contributed by atoms with Crippen molar-refractivity contribution >= 4 is 23.2 Å². The van der Waals surface area contributed by atoms with E-state index in [1.54, 1.807) is 20.8 Å². The summed E-state index contributed by atoms with van der Waals surface area (Å²) in [5, 5.41) is 20.2. The van der Waals surface area contributed by atoms with Crippen molar-refractivity contribution in [1.82, 2.24) is 0 Å². The summed E-state index contributed by atoms with van der Waals surface area (Å²) >= 11 is 6.59. The summed E-state index contributed by atoms with van der Waals surface area (Å²) in [4.78, 5) is 25.2. The first-order valence-corrected chi connectivity index (χ1v) is 11.8. The molecule has 1 saturated heterocycles. The number of halogens is 3. The maximum absolute atomic E-state index is 17.3. The maximum Gasteiger partial charge on any atom is 0.213 e. The van der Waals surface area contributed by atoms with Crippen LogP contribution in [-0.4, -0.2) is 63.0 Å². The molecule has 6 nitrogen and oxygen atoms in total. The number of rotatable bonds is 2. The summed E-state index contributed by atoms with van der Waals surface area (Å²) in [6, 6.07) is 0. The number of ketones is 2. The van der Waals surface area contributed by atoms with Gasteiger partial charge in [-0.05, 0) is 52.0 Å². The molecule has 0 unspecified atom stereocenters. The molecule has 0 spiro atoms. The Bertz CT molecular complexity index is 1010. The first-order valence-electron chi connectivity index (χ1n) is 11.4. The smallest absolute Gasteiger partial charge is 0.213 e. The molecule has 0 aromatic carbocycles. The third-order valence-electron chi connectivity index (χ3n) is 9.26. The molecule has 33 heavy (non-hydrogen) atoms. The standard InChI is InChI=1S/C24H29ClF2O6/c1-20(2)32-17-8-11-12-7-13(25)18-19(26)14(29)5-6-21(18,3)23(12,27)15(30)9-22(11,4)24(17,33-20)16(31)10-28/h5-6,11-13,15,17,28,30H,7-10H2,1-4H3/t11-,12-,13-,15-,17+,21-,22-,23-,24+/m0/s1. The van der Waals surface area contributed by atoms with Gasteiger partial charge < -0.3 is 19.7 Å². The number of fused-ring (bicyclic) bond motifs is 7. The van der Waals surface area contributed by atoms with Gasteiger partial charge >= 0.3 is 0 Å². The number of ether oxygens (including phenoxy) is 2. The highest BCUT2D eigenvalue weighted by Crippen LogP contribution is 2.72. The average molecular weight is 487 g/mol. The number of aliphatic hydroxyl groups excluding tert-OH is 2. The molecule has 9 atom stereocenters. The van der Waals surface area contributed by atoms with E-state index in [-0.39, 0.29) is 24.8 Å². The van der Waals surface area contributed by atoms with Crippen molar-refractivity contribution in [3.05, 3.63) is 23.6 Å². The van der Waals surface area contributed by atoms with Crippen molar-refractivity contribution in [3.8, 4) is 0 Å². The Morgan fingerprint density at radius 2 is 1.91 bits per heavy atom. The molecule has 5 rings (SSSR count). The van der Waals surface area contributed by atoms with E-state index in [1.807, 2.05) is 0 Å². The van der Waals surface area contributed by atoms with Gasteiger partial charge in [0.05, 0.1) is 17.6 Å². The van der Waals surface area contributed by atoms with Crippen LogP contribution in [0.4, 0.5) is 8.78 Å². The van der Waals surface area contributed by atoms with E-state index < -0.39 is 81.3 Å². The Hall–Kier alpha value is -1.19. The largest absolute Gasteiger partial charge is 0.390 e. The minimum absolute atomic E-state index is 0.0195. The van der Waals surface area contributed by atoms with Crippen molar-refractivity contribution in [1.29, 1.82) is 0 Å². The Morgan fingerprint density at radius 3 is 2.55 bits per heavy atom. The van der Waals surface area contributed by atoms with Crippen LogP contribution in [0.5, 0.6) is 0 Å². The SMILES string of the molecule is CC1(C)O[C@@H]2C[C@H]3[C@@H]4C[C@H](Cl)C5=C(F)C(=O)C=C[C@]5(C)[C@@]4(F)[C@@H](O)C[C@]3(C)[C@]2(C(=O)CO)O1. The van der Waals surface area contributed by atoms with Gasteiger partial charge in [0.15, 0.2) is 28.7 Å². The van der Waals surface area contributed by atoms with E-state index in [4.69, 9.17) is 21.1 Å². The molecule has 0 aromatic rings. The molecule has 0 radical (unpaired) electrons. The monoisotopic (exact) mass is 486 g/mol. The van der Waals surface area contributed by atoms with Gasteiger partial charge in [-0.25, -0.2) is 8.78 Å². The molecular formula is C24H29ClF2O6. The molecular weight excluding hydrogens is 458 g/mol. The van der Waals surface area contributed by atoms with Gasteiger partial charge in [0.2, 0.25) is 5.78 Å². The molecule has 1 heterocycles.